The molecule has 31 heavy (non-hydrogen) atoms. The van der Waals surface area contributed by atoms with Gasteiger partial charge in [0, 0.05) is 56.3 Å². The standard InChI is InChI=1S/C25H28FN3O2/c1-31-16-24(30)29-14-19-13-28(10-9-18-12-27-23-8-3-2-7-21(18)23)15-22(19)25(29)17-5-4-6-20(26)11-17/h2-8,11-12,19,22,25,27H,9-10,13-16H2,1H3/t19-,22-,25+/m1/s1. The van der Waals surface area contributed by atoms with E-state index in [9.17, 15) is 9.18 Å². The Hall–Kier alpha value is -2.70. The number of benzene rings is 2. The fraction of sp³-hybridized carbons (Fsp3) is 0.400. The van der Waals surface area contributed by atoms with Crippen molar-refractivity contribution < 1.29 is 13.9 Å². The topological polar surface area (TPSA) is 48.6 Å². The molecule has 0 saturated carbocycles. The summed E-state index contributed by atoms with van der Waals surface area (Å²) >= 11 is 0. The van der Waals surface area contributed by atoms with Crippen LogP contribution in [0.25, 0.3) is 10.9 Å². The molecule has 5 rings (SSSR count). The van der Waals surface area contributed by atoms with Crippen molar-refractivity contribution in [1.29, 1.82) is 0 Å². The fourth-order valence-corrected chi connectivity index (χ4v) is 5.52. The molecule has 2 aromatic carbocycles. The fourth-order valence-electron chi connectivity index (χ4n) is 5.52. The van der Waals surface area contributed by atoms with Crippen molar-refractivity contribution in [1.82, 2.24) is 14.8 Å². The molecular formula is C25H28FN3O2. The highest BCUT2D eigenvalue weighted by Crippen LogP contribution is 2.45. The number of nitrogens with one attached hydrogen (secondary N) is 1. The van der Waals surface area contributed by atoms with Crippen LogP contribution in [0.5, 0.6) is 0 Å². The maximum atomic E-state index is 14.0. The summed E-state index contributed by atoms with van der Waals surface area (Å²) in [5.74, 6) is 0.438. The van der Waals surface area contributed by atoms with Crippen molar-refractivity contribution in [2.75, 3.05) is 39.9 Å². The van der Waals surface area contributed by atoms with Crippen LogP contribution >= 0.6 is 0 Å². The third kappa shape index (κ3) is 3.86. The van der Waals surface area contributed by atoms with Gasteiger partial charge in [0.1, 0.15) is 12.4 Å². The Morgan fingerprint density at radius 2 is 2.03 bits per heavy atom. The normalized spacial score (nSPS) is 23.5. The highest BCUT2D eigenvalue weighted by molar-refractivity contribution is 5.83. The number of nitrogens with zero attached hydrogens (tertiary/aromatic N) is 2. The van der Waals surface area contributed by atoms with E-state index < -0.39 is 0 Å². The molecule has 0 bridgehead atoms. The van der Waals surface area contributed by atoms with E-state index in [-0.39, 0.29) is 24.4 Å². The minimum Gasteiger partial charge on any atom is -0.375 e. The highest BCUT2D eigenvalue weighted by Gasteiger charge is 2.48. The lowest BCUT2D eigenvalue weighted by molar-refractivity contribution is -0.136. The summed E-state index contributed by atoms with van der Waals surface area (Å²) in [6.07, 6.45) is 3.10. The average Bonchev–Trinajstić information content (AvgIpc) is 3.44. The molecule has 1 N–H and O–H groups in total. The second-order valence-electron chi connectivity index (χ2n) is 8.77. The van der Waals surface area contributed by atoms with Gasteiger partial charge in [-0.25, -0.2) is 4.39 Å². The lowest BCUT2D eigenvalue weighted by atomic mass is 9.89. The molecule has 1 amide bonds. The third-order valence-corrected chi connectivity index (χ3v) is 6.89. The molecular weight excluding hydrogens is 393 g/mol. The molecule has 2 aliphatic heterocycles. The van der Waals surface area contributed by atoms with Crippen LogP contribution in [0.4, 0.5) is 4.39 Å². The molecule has 5 nitrogen and oxygen atoms in total. The first-order valence-electron chi connectivity index (χ1n) is 11.0. The molecule has 6 heteroatoms. The number of hydrogen-bond donors (Lipinski definition) is 1. The van der Waals surface area contributed by atoms with E-state index in [4.69, 9.17) is 4.74 Å². The molecule has 0 aliphatic carbocycles. The van der Waals surface area contributed by atoms with Gasteiger partial charge in [-0.15, -0.1) is 0 Å². The Bertz CT molecular complexity index is 1080. The largest absolute Gasteiger partial charge is 0.375 e. The zero-order valence-corrected chi connectivity index (χ0v) is 17.8. The van der Waals surface area contributed by atoms with Crippen LogP contribution in [0.3, 0.4) is 0 Å². The quantitative estimate of drug-likeness (QED) is 0.661. The number of aromatic amines is 1. The smallest absolute Gasteiger partial charge is 0.249 e. The predicted molar refractivity (Wildman–Crippen MR) is 118 cm³/mol. The van der Waals surface area contributed by atoms with E-state index in [2.05, 4.69) is 34.3 Å². The maximum Gasteiger partial charge on any atom is 0.249 e. The molecule has 0 spiro atoms. The van der Waals surface area contributed by atoms with Crippen molar-refractivity contribution in [2.45, 2.75) is 12.5 Å². The SMILES string of the molecule is COCC(=O)N1C[C@H]2CN(CCc3c[nH]c4ccccc34)C[C@H]2[C@@H]1c1cccc(F)c1. The Balaban J connectivity index is 1.32. The lowest BCUT2D eigenvalue weighted by Crippen LogP contribution is -2.37. The number of hydrogen-bond acceptors (Lipinski definition) is 3. The Kier molecular flexibility index (Phi) is 5.50. The Labute approximate surface area is 181 Å². The third-order valence-electron chi connectivity index (χ3n) is 6.89. The monoisotopic (exact) mass is 421 g/mol. The molecule has 2 aliphatic rings. The summed E-state index contributed by atoms with van der Waals surface area (Å²) in [5, 5.41) is 1.29. The van der Waals surface area contributed by atoms with Gasteiger partial charge in [0.2, 0.25) is 5.91 Å². The summed E-state index contributed by atoms with van der Waals surface area (Å²) in [6.45, 7) is 3.64. The van der Waals surface area contributed by atoms with E-state index in [1.807, 2.05) is 17.0 Å². The molecule has 0 radical (unpaired) electrons. The predicted octanol–water partition coefficient (Wildman–Crippen LogP) is 3.63. The van der Waals surface area contributed by atoms with Gasteiger partial charge in [0.05, 0.1) is 6.04 Å². The minimum absolute atomic E-state index is 0.0171. The van der Waals surface area contributed by atoms with Gasteiger partial charge in [-0.05, 0) is 41.7 Å². The van der Waals surface area contributed by atoms with E-state index in [1.54, 1.807) is 19.2 Å². The van der Waals surface area contributed by atoms with Crippen molar-refractivity contribution in [3.8, 4) is 0 Å². The number of halogens is 1. The van der Waals surface area contributed by atoms with E-state index in [0.29, 0.717) is 18.4 Å². The van der Waals surface area contributed by atoms with Gasteiger partial charge in [0.15, 0.2) is 0 Å². The van der Waals surface area contributed by atoms with Crippen molar-refractivity contribution in [2.24, 2.45) is 11.8 Å². The van der Waals surface area contributed by atoms with Crippen LogP contribution in [0.15, 0.2) is 54.7 Å². The molecule has 2 fully saturated rings. The van der Waals surface area contributed by atoms with E-state index >= 15 is 0 Å². The number of para-hydroxylation sites is 1. The summed E-state index contributed by atoms with van der Waals surface area (Å²) in [6, 6.07) is 15.0. The lowest BCUT2D eigenvalue weighted by Gasteiger charge is -2.30. The van der Waals surface area contributed by atoms with Crippen LogP contribution < -0.4 is 0 Å². The van der Waals surface area contributed by atoms with Crippen LogP contribution in [-0.4, -0.2) is 60.6 Å². The summed E-state index contributed by atoms with van der Waals surface area (Å²) in [5.41, 5.74) is 3.40. The number of carbonyl (C=O) groups excluding carboxylic acids is 1. The molecule has 162 valence electrons. The van der Waals surface area contributed by atoms with E-state index in [1.165, 1.54) is 22.5 Å². The van der Waals surface area contributed by atoms with Crippen LogP contribution in [0, 0.1) is 17.7 Å². The molecule has 3 atom stereocenters. The van der Waals surface area contributed by atoms with Crippen LogP contribution in [0.2, 0.25) is 0 Å². The second-order valence-corrected chi connectivity index (χ2v) is 8.77. The zero-order valence-electron chi connectivity index (χ0n) is 17.8. The first-order valence-corrected chi connectivity index (χ1v) is 11.0. The number of aromatic nitrogens is 1. The van der Waals surface area contributed by atoms with Crippen molar-refractivity contribution in [3.63, 3.8) is 0 Å². The molecule has 2 saturated heterocycles. The number of H-pyrrole nitrogens is 1. The van der Waals surface area contributed by atoms with Crippen molar-refractivity contribution >= 4 is 16.8 Å². The minimum atomic E-state index is -0.255. The van der Waals surface area contributed by atoms with Gasteiger partial charge in [-0.1, -0.05) is 30.3 Å². The second kappa shape index (κ2) is 8.44. The van der Waals surface area contributed by atoms with Crippen LogP contribution in [-0.2, 0) is 16.0 Å². The highest BCUT2D eigenvalue weighted by atomic mass is 19.1. The average molecular weight is 422 g/mol. The number of amides is 1. The maximum absolute atomic E-state index is 14.0. The number of rotatable bonds is 6. The molecule has 0 unspecified atom stereocenters. The van der Waals surface area contributed by atoms with Gasteiger partial charge in [0.25, 0.3) is 0 Å². The molecule has 3 heterocycles. The first-order chi connectivity index (χ1) is 15.1. The number of likely N-dealkylation sites (tertiary alicyclic amines) is 2. The number of methoxy groups -OCH3 is 1. The molecule has 1 aromatic heterocycles. The number of ether oxygens (including phenoxy) is 1. The summed E-state index contributed by atoms with van der Waals surface area (Å²) < 4.78 is 19.1. The zero-order chi connectivity index (χ0) is 21.4. The number of carbonyl (C=O) groups is 1. The van der Waals surface area contributed by atoms with Gasteiger partial charge in [-0.3, -0.25) is 4.79 Å². The Morgan fingerprint density at radius 1 is 1.16 bits per heavy atom. The first kappa shape index (κ1) is 20.2. The van der Waals surface area contributed by atoms with Crippen LogP contribution in [0.1, 0.15) is 17.2 Å². The van der Waals surface area contributed by atoms with Gasteiger partial charge < -0.3 is 19.5 Å². The molecule has 3 aromatic rings. The summed E-state index contributed by atoms with van der Waals surface area (Å²) in [4.78, 5) is 20.5. The van der Waals surface area contributed by atoms with Crippen molar-refractivity contribution in [3.05, 3.63) is 71.7 Å². The van der Waals surface area contributed by atoms with E-state index in [0.717, 1.165) is 31.6 Å². The van der Waals surface area contributed by atoms with Gasteiger partial charge >= 0.3 is 0 Å². The summed E-state index contributed by atoms with van der Waals surface area (Å²) in [7, 11) is 1.54. The number of fused-ring (bicyclic) bond motifs is 2. The Morgan fingerprint density at radius 3 is 2.87 bits per heavy atom. The van der Waals surface area contributed by atoms with Gasteiger partial charge in [-0.2, -0.15) is 0 Å².